The second-order valence-electron chi connectivity index (χ2n) is 5.54. The van der Waals surface area contributed by atoms with Gasteiger partial charge in [0.1, 0.15) is 5.15 Å². The molecule has 1 N–H and O–H groups in total. The van der Waals surface area contributed by atoms with Crippen molar-refractivity contribution < 1.29 is 8.42 Å². The molecular formula is C12H20ClN3O2S. The van der Waals surface area contributed by atoms with Gasteiger partial charge in [-0.15, -0.1) is 0 Å². The number of hydrogen-bond donors (Lipinski definition) is 1. The molecule has 2 rings (SSSR count). The minimum absolute atomic E-state index is 0.0192. The second kappa shape index (κ2) is 5.42. The normalized spacial score (nSPS) is 28.5. The van der Waals surface area contributed by atoms with E-state index in [0.717, 1.165) is 19.3 Å². The van der Waals surface area contributed by atoms with Crippen LogP contribution < -0.4 is 4.72 Å². The van der Waals surface area contributed by atoms with Gasteiger partial charge in [0.25, 0.3) is 10.0 Å². The average molecular weight is 306 g/mol. The molecule has 0 saturated heterocycles. The predicted octanol–water partition coefficient (Wildman–Crippen LogP) is 2.18. The highest BCUT2D eigenvalue weighted by molar-refractivity contribution is 7.89. The van der Waals surface area contributed by atoms with Crippen molar-refractivity contribution in [1.82, 2.24) is 14.3 Å². The Balaban J connectivity index is 2.12. The third-order valence-electron chi connectivity index (χ3n) is 4.01. The summed E-state index contributed by atoms with van der Waals surface area (Å²) in [5.74, 6) is 1.18. The van der Waals surface area contributed by atoms with Crippen LogP contribution >= 0.6 is 11.6 Å². The first-order valence-electron chi connectivity index (χ1n) is 6.50. The molecular weight excluding hydrogens is 286 g/mol. The van der Waals surface area contributed by atoms with E-state index in [1.165, 1.54) is 10.9 Å². The van der Waals surface area contributed by atoms with Crippen LogP contribution in [0.15, 0.2) is 11.4 Å². The molecule has 5 nitrogen and oxygen atoms in total. The van der Waals surface area contributed by atoms with Gasteiger partial charge in [-0.3, -0.25) is 0 Å². The fourth-order valence-electron chi connectivity index (χ4n) is 2.50. The van der Waals surface area contributed by atoms with Crippen LogP contribution in [0.3, 0.4) is 0 Å². The van der Waals surface area contributed by atoms with Crippen LogP contribution in [0.5, 0.6) is 0 Å². The monoisotopic (exact) mass is 305 g/mol. The van der Waals surface area contributed by atoms with Crippen molar-refractivity contribution in [3.05, 3.63) is 11.5 Å². The topological polar surface area (TPSA) is 64.0 Å². The maximum atomic E-state index is 12.3. The maximum absolute atomic E-state index is 12.3. The minimum atomic E-state index is -3.62. The molecule has 1 aliphatic rings. The standard InChI is InChI=1S/C12H20ClN3O2S/c1-8-4-5-10(6-9(8)2)15-19(17,18)12-11(13)16(3)7-14-12/h7-10,15H,4-6H2,1-3H3. The second-order valence-corrected chi connectivity index (χ2v) is 7.52. The number of nitrogens with one attached hydrogen (secondary N) is 1. The highest BCUT2D eigenvalue weighted by atomic mass is 35.5. The summed E-state index contributed by atoms with van der Waals surface area (Å²) >= 11 is 5.94. The first-order valence-corrected chi connectivity index (χ1v) is 8.36. The largest absolute Gasteiger partial charge is 0.324 e. The van der Waals surface area contributed by atoms with E-state index >= 15 is 0 Å². The molecule has 0 aromatic carbocycles. The lowest BCUT2D eigenvalue weighted by molar-refractivity contribution is 0.242. The van der Waals surface area contributed by atoms with E-state index in [4.69, 9.17) is 11.6 Å². The molecule has 1 saturated carbocycles. The number of rotatable bonds is 3. The molecule has 108 valence electrons. The lowest BCUT2D eigenvalue weighted by Crippen LogP contribution is -2.40. The Bertz CT molecular complexity index is 555. The number of hydrogen-bond acceptors (Lipinski definition) is 3. The van der Waals surface area contributed by atoms with Crippen LogP contribution in [-0.2, 0) is 17.1 Å². The molecule has 1 aromatic heterocycles. The van der Waals surface area contributed by atoms with E-state index in [1.807, 2.05) is 0 Å². The molecule has 1 heterocycles. The lowest BCUT2D eigenvalue weighted by Gasteiger charge is -2.32. The SMILES string of the molecule is CC1CCC(NS(=O)(=O)c2ncn(C)c2Cl)CC1C. The molecule has 0 spiro atoms. The van der Waals surface area contributed by atoms with Crippen molar-refractivity contribution in [1.29, 1.82) is 0 Å². The summed E-state index contributed by atoms with van der Waals surface area (Å²) in [7, 11) is -1.96. The Kier molecular flexibility index (Phi) is 4.23. The quantitative estimate of drug-likeness (QED) is 0.931. The number of aryl methyl sites for hydroxylation is 1. The number of aromatic nitrogens is 2. The first kappa shape index (κ1) is 14.8. The van der Waals surface area contributed by atoms with Gasteiger partial charge in [0.2, 0.25) is 5.03 Å². The van der Waals surface area contributed by atoms with Crippen molar-refractivity contribution in [3.8, 4) is 0 Å². The zero-order valence-corrected chi connectivity index (χ0v) is 13.0. The third-order valence-corrected chi connectivity index (χ3v) is 6.02. The van der Waals surface area contributed by atoms with Crippen LogP contribution in [0.4, 0.5) is 0 Å². The van der Waals surface area contributed by atoms with E-state index in [-0.39, 0.29) is 16.2 Å². The van der Waals surface area contributed by atoms with Gasteiger partial charge in [0.15, 0.2) is 0 Å². The molecule has 0 bridgehead atoms. The summed E-state index contributed by atoms with van der Waals surface area (Å²) in [5.41, 5.74) is 0. The summed E-state index contributed by atoms with van der Waals surface area (Å²) < 4.78 is 28.7. The van der Waals surface area contributed by atoms with Gasteiger partial charge >= 0.3 is 0 Å². The van der Waals surface area contributed by atoms with Crippen molar-refractivity contribution in [2.24, 2.45) is 18.9 Å². The van der Waals surface area contributed by atoms with E-state index in [0.29, 0.717) is 11.8 Å². The Morgan fingerprint density at radius 3 is 2.58 bits per heavy atom. The van der Waals surface area contributed by atoms with Crippen LogP contribution in [0, 0.1) is 11.8 Å². The Hall–Kier alpha value is -0.590. The Morgan fingerprint density at radius 2 is 2.05 bits per heavy atom. The van der Waals surface area contributed by atoms with Gasteiger partial charge in [-0.05, 0) is 31.1 Å². The van der Waals surface area contributed by atoms with Crippen LogP contribution in [0.2, 0.25) is 5.15 Å². The summed E-state index contributed by atoms with van der Waals surface area (Å²) in [4.78, 5) is 3.87. The van der Waals surface area contributed by atoms with Crippen molar-refractivity contribution in [3.63, 3.8) is 0 Å². The molecule has 0 amide bonds. The molecule has 0 aliphatic heterocycles. The predicted molar refractivity (Wildman–Crippen MR) is 74.5 cm³/mol. The zero-order valence-electron chi connectivity index (χ0n) is 11.4. The van der Waals surface area contributed by atoms with E-state index in [2.05, 4.69) is 23.6 Å². The fourth-order valence-corrected chi connectivity index (χ4v) is 4.22. The van der Waals surface area contributed by atoms with E-state index < -0.39 is 10.0 Å². The first-order chi connectivity index (χ1) is 8.81. The van der Waals surface area contributed by atoms with Gasteiger partial charge in [0.05, 0.1) is 6.33 Å². The van der Waals surface area contributed by atoms with Gasteiger partial charge < -0.3 is 4.57 Å². The highest BCUT2D eigenvalue weighted by Gasteiger charge is 2.30. The fraction of sp³-hybridized carbons (Fsp3) is 0.750. The number of imidazole rings is 1. The molecule has 0 radical (unpaired) electrons. The molecule has 19 heavy (non-hydrogen) atoms. The van der Waals surface area contributed by atoms with Gasteiger partial charge in [-0.2, -0.15) is 0 Å². The maximum Gasteiger partial charge on any atom is 0.261 e. The third kappa shape index (κ3) is 3.12. The Labute approximate surface area is 119 Å². The number of halogens is 1. The zero-order chi connectivity index (χ0) is 14.2. The van der Waals surface area contributed by atoms with Gasteiger partial charge in [-0.25, -0.2) is 18.1 Å². The smallest absolute Gasteiger partial charge is 0.261 e. The van der Waals surface area contributed by atoms with Crippen molar-refractivity contribution >= 4 is 21.6 Å². The summed E-state index contributed by atoms with van der Waals surface area (Å²) in [6, 6.07) is -0.0192. The minimum Gasteiger partial charge on any atom is -0.324 e. The van der Waals surface area contributed by atoms with E-state index in [1.54, 1.807) is 7.05 Å². The molecule has 3 atom stereocenters. The van der Waals surface area contributed by atoms with Crippen LogP contribution in [0.25, 0.3) is 0 Å². The molecule has 3 unspecified atom stereocenters. The van der Waals surface area contributed by atoms with Crippen LogP contribution in [0.1, 0.15) is 33.1 Å². The van der Waals surface area contributed by atoms with Gasteiger partial charge in [-0.1, -0.05) is 25.4 Å². The van der Waals surface area contributed by atoms with Crippen molar-refractivity contribution in [2.45, 2.75) is 44.2 Å². The average Bonchev–Trinajstić information content (AvgIpc) is 2.65. The molecule has 1 fully saturated rings. The summed E-state index contributed by atoms with van der Waals surface area (Å²) in [6.45, 7) is 4.38. The number of sulfonamides is 1. The summed E-state index contributed by atoms with van der Waals surface area (Å²) in [5, 5.41) is 0.0627. The molecule has 7 heteroatoms. The highest BCUT2D eigenvalue weighted by Crippen LogP contribution is 2.30. The lowest BCUT2D eigenvalue weighted by atomic mass is 9.79. The summed E-state index contributed by atoms with van der Waals surface area (Å²) in [6.07, 6.45) is 4.19. The van der Waals surface area contributed by atoms with Crippen LogP contribution in [-0.4, -0.2) is 24.0 Å². The van der Waals surface area contributed by atoms with Crippen molar-refractivity contribution in [2.75, 3.05) is 0 Å². The Morgan fingerprint density at radius 1 is 1.37 bits per heavy atom. The molecule has 1 aromatic rings. The van der Waals surface area contributed by atoms with Gasteiger partial charge in [0, 0.05) is 13.1 Å². The number of nitrogens with zero attached hydrogens (tertiary/aromatic N) is 2. The van der Waals surface area contributed by atoms with E-state index in [9.17, 15) is 8.42 Å². The molecule has 1 aliphatic carbocycles.